The topological polar surface area (TPSA) is 49.4 Å². The van der Waals surface area contributed by atoms with Crippen LogP contribution in [0.4, 0.5) is 18.0 Å². The van der Waals surface area contributed by atoms with E-state index in [0.29, 0.717) is 5.75 Å². The second-order valence-corrected chi connectivity index (χ2v) is 6.82. The maximum atomic E-state index is 12.9. The number of carbonyl (C=O) groups excluding carboxylic acids is 2. The molecule has 0 saturated carbocycles. The molecule has 0 aliphatic carbocycles. The van der Waals surface area contributed by atoms with Crippen LogP contribution in [0.25, 0.3) is 0 Å². The molecule has 0 unspecified atom stereocenters. The molecular weight excluding hydrogens is 329 g/mol. The van der Waals surface area contributed by atoms with Gasteiger partial charge in [-0.3, -0.25) is 9.69 Å². The number of nitrogens with one attached hydrogen (secondary N) is 1. The van der Waals surface area contributed by atoms with E-state index in [0.717, 1.165) is 11.0 Å². The van der Waals surface area contributed by atoms with Gasteiger partial charge in [0, 0.05) is 18.1 Å². The summed E-state index contributed by atoms with van der Waals surface area (Å²) in [5, 5.41) is 2.56. The molecule has 1 saturated heterocycles. The molecule has 0 bridgehead atoms. The summed E-state index contributed by atoms with van der Waals surface area (Å²) in [6.07, 6.45) is -4.38. The highest BCUT2D eigenvalue weighted by Gasteiger charge is 2.43. The van der Waals surface area contributed by atoms with Gasteiger partial charge in [0.2, 0.25) is 0 Å². The number of thioether (sulfide) groups is 1. The molecule has 1 aliphatic heterocycles. The molecule has 2 rings (SSSR count). The van der Waals surface area contributed by atoms with Gasteiger partial charge in [-0.25, -0.2) is 4.79 Å². The molecule has 0 spiro atoms. The van der Waals surface area contributed by atoms with E-state index in [-0.39, 0.29) is 23.8 Å². The zero-order valence-electron chi connectivity index (χ0n) is 12.7. The van der Waals surface area contributed by atoms with Crippen molar-refractivity contribution in [1.82, 2.24) is 10.2 Å². The molecule has 1 heterocycles. The Hall–Kier alpha value is -1.70. The fourth-order valence-electron chi connectivity index (χ4n) is 2.28. The first-order chi connectivity index (χ1) is 10.6. The lowest BCUT2D eigenvalue weighted by atomic mass is 10.1. The van der Waals surface area contributed by atoms with Crippen LogP contribution in [0.15, 0.2) is 24.3 Å². The first-order valence-electron chi connectivity index (χ1n) is 7.00. The predicted molar refractivity (Wildman–Crippen MR) is 81.9 cm³/mol. The van der Waals surface area contributed by atoms with Crippen LogP contribution in [0.1, 0.15) is 25.0 Å². The van der Waals surface area contributed by atoms with Crippen molar-refractivity contribution in [2.45, 2.75) is 31.3 Å². The Morgan fingerprint density at radius 2 is 1.87 bits per heavy atom. The molecule has 0 aromatic heterocycles. The lowest BCUT2D eigenvalue weighted by molar-refractivity contribution is -0.138. The first-order valence-corrected chi connectivity index (χ1v) is 8.15. The van der Waals surface area contributed by atoms with Crippen LogP contribution in [0.2, 0.25) is 0 Å². The summed E-state index contributed by atoms with van der Waals surface area (Å²) < 4.78 is 38.6. The lowest BCUT2D eigenvalue weighted by Crippen LogP contribution is -2.40. The quantitative estimate of drug-likeness (QED) is 0.658. The molecular formula is C15H17F3N2O2S. The van der Waals surface area contributed by atoms with E-state index in [9.17, 15) is 22.8 Å². The van der Waals surface area contributed by atoms with Crippen LogP contribution in [-0.4, -0.2) is 34.7 Å². The van der Waals surface area contributed by atoms with Gasteiger partial charge in [0.15, 0.2) is 0 Å². The number of rotatable bonds is 5. The van der Waals surface area contributed by atoms with Gasteiger partial charge in [-0.15, -0.1) is 0 Å². The molecule has 1 fully saturated rings. The molecule has 1 N–H and O–H groups in total. The molecule has 126 valence electrons. The number of hydrogen-bond acceptors (Lipinski definition) is 3. The van der Waals surface area contributed by atoms with E-state index < -0.39 is 23.3 Å². The molecule has 0 radical (unpaired) electrons. The number of benzene rings is 1. The molecule has 8 heteroatoms. The molecule has 4 nitrogen and oxygen atoms in total. The van der Waals surface area contributed by atoms with E-state index in [2.05, 4.69) is 5.32 Å². The third kappa shape index (κ3) is 3.99. The Bertz CT molecular complexity index is 617. The van der Waals surface area contributed by atoms with Crippen molar-refractivity contribution in [2.24, 2.45) is 0 Å². The van der Waals surface area contributed by atoms with Gasteiger partial charge >= 0.3 is 12.2 Å². The number of urea groups is 1. The van der Waals surface area contributed by atoms with Crippen LogP contribution < -0.4 is 5.32 Å². The van der Waals surface area contributed by atoms with Crippen molar-refractivity contribution in [2.75, 3.05) is 12.3 Å². The second-order valence-electron chi connectivity index (χ2n) is 5.72. The molecule has 0 atom stereocenters. The average Bonchev–Trinajstić information content (AvgIpc) is 2.64. The SMILES string of the molecule is CC1(C)NC(=O)N(CCSCc2ccccc2C(F)(F)F)C1=O. The van der Waals surface area contributed by atoms with Crippen LogP contribution >= 0.6 is 11.8 Å². The summed E-state index contributed by atoms with van der Waals surface area (Å²) in [6.45, 7) is 3.40. The largest absolute Gasteiger partial charge is 0.416 e. The van der Waals surface area contributed by atoms with Gasteiger partial charge in [-0.2, -0.15) is 24.9 Å². The summed E-state index contributed by atoms with van der Waals surface area (Å²) >= 11 is 1.25. The van der Waals surface area contributed by atoms with Crippen molar-refractivity contribution in [3.63, 3.8) is 0 Å². The number of nitrogens with zero attached hydrogens (tertiary/aromatic N) is 1. The van der Waals surface area contributed by atoms with Gasteiger partial charge < -0.3 is 5.32 Å². The second kappa shape index (κ2) is 6.43. The number of carbonyl (C=O) groups is 2. The van der Waals surface area contributed by atoms with E-state index in [1.54, 1.807) is 19.9 Å². The standard InChI is InChI=1S/C15H17F3N2O2S/c1-14(2)12(21)20(13(22)19-14)7-8-23-9-10-5-3-4-6-11(10)15(16,17)18/h3-6H,7-9H2,1-2H3,(H,19,22). The molecule has 3 amide bonds. The number of amides is 3. The van der Waals surface area contributed by atoms with Gasteiger partial charge in [0.05, 0.1) is 5.56 Å². The molecule has 1 aromatic carbocycles. The average molecular weight is 346 g/mol. The highest BCUT2D eigenvalue weighted by molar-refractivity contribution is 7.98. The van der Waals surface area contributed by atoms with Crippen molar-refractivity contribution in [1.29, 1.82) is 0 Å². The Morgan fingerprint density at radius 3 is 2.43 bits per heavy atom. The highest BCUT2D eigenvalue weighted by Crippen LogP contribution is 2.33. The van der Waals surface area contributed by atoms with Crippen molar-refractivity contribution < 1.29 is 22.8 Å². The zero-order valence-corrected chi connectivity index (χ0v) is 13.6. The summed E-state index contributed by atoms with van der Waals surface area (Å²) in [5.74, 6) is 0.225. The summed E-state index contributed by atoms with van der Waals surface area (Å²) in [5.41, 5.74) is -1.38. The number of imide groups is 1. The third-order valence-electron chi connectivity index (χ3n) is 3.48. The fourth-order valence-corrected chi connectivity index (χ4v) is 3.21. The fraction of sp³-hybridized carbons (Fsp3) is 0.467. The number of hydrogen-bond donors (Lipinski definition) is 1. The van der Waals surface area contributed by atoms with Crippen LogP contribution in [-0.2, 0) is 16.7 Å². The number of halogens is 3. The van der Waals surface area contributed by atoms with Crippen molar-refractivity contribution in [3.8, 4) is 0 Å². The van der Waals surface area contributed by atoms with Gasteiger partial charge in [-0.05, 0) is 25.5 Å². The van der Waals surface area contributed by atoms with Crippen LogP contribution in [0, 0.1) is 0 Å². The highest BCUT2D eigenvalue weighted by atomic mass is 32.2. The van der Waals surface area contributed by atoms with E-state index in [1.807, 2.05) is 0 Å². The van der Waals surface area contributed by atoms with Gasteiger partial charge in [0.25, 0.3) is 5.91 Å². The zero-order chi connectivity index (χ0) is 17.3. The minimum absolute atomic E-state index is 0.169. The minimum Gasteiger partial charge on any atom is -0.324 e. The number of alkyl halides is 3. The van der Waals surface area contributed by atoms with E-state index >= 15 is 0 Å². The Kier molecular flexibility index (Phi) is 4.93. The minimum atomic E-state index is -4.38. The van der Waals surface area contributed by atoms with E-state index in [1.165, 1.54) is 23.9 Å². The first kappa shape index (κ1) is 17.7. The lowest BCUT2D eigenvalue weighted by Gasteiger charge is -2.16. The molecule has 1 aromatic rings. The summed E-state index contributed by atoms with van der Waals surface area (Å²) in [4.78, 5) is 24.8. The Balaban J connectivity index is 1.90. The normalized spacial score (nSPS) is 17.5. The predicted octanol–water partition coefficient (Wildman–Crippen LogP) is 3.27. The third-order valence-corrected chi connectivity index (χ3v) is 4.47. The molecule has 23 heavy (non-hydrogen) atoms. The Labute approximate surface area is 136 Å². The van der Waals surface area contributed by atoms with Crippen LogP contribution in [0.5, 0.6) is 0 Å². The van der Waals surface area contributed by atoms with Crippen LogP contribution in [0.3, 0.4) is 0 Å². The maximum Gasteiger partial charge on any atom is 0.416 e. The van der Waals surface area contributed by atoms with E-state index in [4.69, 9.17) is 0 Å². The monoisotopic (exact) mass is 346 g/mol. The molecule has 1 aliphatic rings. The van der Waals surface area contributed by atoms with Gasteiger partial charge in [-0.1, -0.05) is 18.2 Å². The smallest absolute Gasteiger partial charge is 0.324 e. The summed E-state index contributed by atoms with van der Waals surface area (Å²) in [7, 11) is 0. The van der Waals surface area contributed by atoms with Gasteiger partial charge in [0.1, 0.15) is 5.54 Å². The Morgan fingerprint density at radius 1 is 1.22 bits per heavy atom. The maximum absolute atomic E-state index is 12.9. The van der Waals surface area contributed by atoms with Crippen molar-refractivity contribution >= 4 is 23.7 Å². The summed E-state index contributed by atoms with van der Waals surface area (Å²) in [6, 6.07) is 4.94. The van der Waals surface area contributed by atoms with Crippen molar-refractivity contribution in [3.05, 3.63) is 35.4 Å².